The molecule has 0 aliphatic rings. The fraction of sp³-hybridized carbons (Fsp3) is 0.364. The molecule has 0 radical (unpaired) electrons. The Morgan fingerprint density at radius 1 is 1.50 bits per heavy atom. The van der Waals surface area contributed by atoms with E-state index in [2.05, 4.69) is 5.32 Å². The largest absolute Gasteiger partial charge is 0.462 e. The molecule has 0 atom stereocenters. The summed E-state index contributed by atoms with van der Waals surface area (Å²) in [6.07, 6.45) is 0. The Labute approximate surface area is 84.1 Å². The quantitative estimate of drug-likeness (QED) is 0.748. The van der Waals surface area contributed by atoms with Gasteiger partial charge in [-0.15, -0.1) is 0 Å². The van der Waals surface area contributed by atoms with Crippen molar-refractivity contribution in [2.24, 2.45) is 0 Å². The van der Waals surface area contributed by atoms with E-state index in [1.807, 2.05) is 19.1 Å². The summed E-state index contributed by atoms with van der Waals surface area (Å²) in [5.74, 6) is -0.281. The van der Waals surface area contributed by atoms with Crippen molar-refractivity contribution in [1.29, 1.82) is 0 Å². The Hall–Kier alpha value is -1.51. The second-order valence-electron chi connectivity index (χ2n) is 3.02. The Bertz CT molecular complexity index is 334. The van der Waals surface area contributed by atoms with Crippen molar-refractivity contribution in [2.75, 3.05) is 19.0 Å². The summed E-state index contributed by atoms with van der Waals surface area (Å²) in [5.41, 5.74) is 2.51. The van der Waals surface area contributed by atoms with Gasteiger partial charge in [0.1, 0.15) is 0 Å². The van der Waals surface area contributed by atoms with Gasteiger partial charge >= 0.3 is 5.97 Å². The Kier molecular flexibility index (Phi) is 3.51. The molecule has 1 aromatic carbocycles. The summed E-state index contributed by atoms with van der Waals surface area (Å²) in [4.78, 5) is 11.5. The molecule has 1 aromatic rings. The number of esters is 1. The highest BCUT2D eigenvalue weighted by Gasteiger charge is 2.10. The molecular formula is C11H15NO2. The van der Waals surface area contributed by atoms with Crippen LogP contribution in [0.3, 0.4) is 0 Å². The van der Waals surface area contributed by atoms with Crippen LogP contribution >= 0.6 is 0 Å². The highest BCUT2D eigenvalue weighted by molar-refractivity contribution is 5.95. The van der Waals surface area contributed by atoms with E-state index in [9.17, 15) is 4.79 Å². The standard InChI is InChI=1S/C11H15NO2/c1-4-14-11(13)9-6-5-8(2)7-10(9)12-3/h5-7,12H,4H2,1-3H3. The van der Waals surface area contributed by atoms with Gasteiger partial charge in [0.05, 0.1) is 12.2 Å². The third kappa shape index (κ3) is 2.25. The highest BCUT2D eigenvalue weighted by Crippen LogP contribution is 2.17. The predicted octanol–water partition coefficient (Wildman–Crippen LogP) is 2.21. The summed E-state index contributed by atoms with van der Waals surface area (Å²) < 4.78 is 4.93. The van der Waals surface area contributed by atoms with Gasteiger partial charge in [0, 0.05) is 12.7 Å². The SMILES string of the molecule is CCOC(=O)c1ccc(C)cc1NC. The fourth-order valence-corrected chi connectivity index (χ4v) is 1.25. The fourth-order valence-electron chi connectivity index (χ4n) is 1.25. The zero-order chi connectivity index (χ0) is 10.6. The summed E-state index contributed by atoms with van der Waals surface area (Å²) >= 11 is 0. The molecule has 14 heavy (non-hydrogen) atoms. The van der Waals surface area contributed by atoms with Crippen LogP contribution in [-0.4, -0.2) is 19.6 Å². The van der Waals surface area contributed by atoms with Gasteiger partial charge in [0.15, 0.2) is 0 Å². The number of nitrogens with one attached hydrogen (secondary N) is 1. The van der Waals surface area contributed by atoms with Crippen LogP contribution in [0.2, 0.25) is 0 Å². The number of carbonyl (C=O) groups excluding carboxylic acids is 1. The smallest absolute Gasteiger partial charge is 0.340 e. The van der Waals surface area contributed by atoms with Crippen LogP contribution in [0.15, 0.2) is 18.2 Å². The Morgan fingerprint density at radius 2 is 2.21 bits per heavy atom. The van der Waals surface area contributed by atoms with E-state index in [0.29, 0.717) is 12.2 Å². The first-order chi connectivity index (χ1) is 6.69. The zero-order valence-corrected chi connectivity index (χ0v) is 8.76. The monoisotopic (exact) mass is 193 g/mol. The molecule has 1 rings (SSSR count). The first-order valence-electron chi connectivity index (χ1n) is 4.64. The molecule has 3 heteroatoms. The lowest BCUT2D eigenvalue weighted by Gasteiger charge is -2.08. The van der Waals surface area contributed by atoms with Gasteiger partial charge in [-0.1, -0.05) is 6.07 Å². The normalized spacial score (nSPS) is 9.64. The number of benzene rings is 1. The topological polar surface area (TPSA) is 38.3 Å². The van der Waals surface area contributed by atoms with E-state index in [0.717, 1.165) is 11.3 Å². The average Bonchev–Trinajstić information content (AvgIpc) is 2.17. The van der Waals surface area contributed by atoms with Gasteiger partial charge in [0.25, 0.3) is 0 Å². The Morgan fingerprint density at radius 3 is 2.79 bits per heavy atom. The maximum absolute atomic E-state index is 11.5. The molecule has 0 heterocycles. The van der Waals surface area contributed by atoms with E-state index < -0.39 is 0 Å². The molecule has 3 nitrogen and oxygen atoms in total. The maximum atomic E-state index is 11.5. The van der Waals surface area contributed by atoms with Crippen molar-refractivity contribution in [2.45, 2.75) is 13.8 Å². The molecule has 76 valence electrons. The molecule has 0 aliphatic heterocycles. The minimum absolute atomic E-state index is 0.281. The number of carbonyl (C=O) groups is 1. The van der Waals surface area contributed by atoms with Crippen LogP contribution in [0.4, 0.5) is 5.69 Å². The number of hydrogen-bond acceptors (Lipinski definition) is 3. The molecule has 0 amide bonds. The van der Waals surface area contributed by atoms with Crippen LogP contribution in [0.25, 0.3) is 0 Å². The van der Waals surface area contributed by atoms with Gasteiger partial charge in [0.2, 0.25) is 0 Å². The molecule has 0 unspecified atom stereocenters. The molecule has 0 spiro atoms. The molecule has 0 aliphatic carbocycles. The van der Waals surface area contributed by atoms with Gasteiger partial charge in [-0.2, -0.15) is 0 Å². The summed E-state index contributed by atoms with van der Waals surface area (Å²) in [6.45, 7) is 4.18. The minimum atomic E-state index is -0.281. The van der Waals surface area contributed by atoms with Crippen molar-refractivity contribution >= 4 is 11.7 Å². The lowest BCUT2D eigenvalue weighted by atomic mass is 10.1. The average molecular weight is 193 g/mol. The van der Waals surface area contributed by atoms with Crippen molar-refractivity contribution < 1.29 is 9.53 Å². The second-order valence-corrected chi connectivity index (χ2v) is 3.02. The van der Waals surface area contributed by atoms with E-state index in [4.69, 9.17) is 4.74 Å². The summed E-state index contributed by atoms with van der Waals surface area (Å²) in [5, 5.41) is 2.97. The highest BCUT2D eigenvalue weighted by atomic mass is 16.5. The van der Waals surface area contributed by atoms with E-state index in [1.165, 1.54) is 0 Å². The van der Waals surface area contributed by atoms with Gasteiger partial charge < -0.3 is 10.1 Å². The third-order valence-electron chi connectivity index (χ3n) is 1.94. The summed E-state index contributed by atoms with van der Waals surface area (Å²) in [6, 6.07) is 5.60. The molecule has 0 aromatic heterocycles. The van der Waals surface area contributed by atoms with E-state index in [1.54, 1.807) is 20.0 Å². The summed E-state index contributed by atoms with van der Waals surface area (Å²) in [7, 11) is 1.79. The van der Waals surface area contributed by atoms with Crippen molar-refractivity contribution in [3.8, 4) is 0 Å². The number of rotatable bonds is 3. The number of aryl methyl sites for hydroxylation is 1. The van der Waals surface area contributed by atoms with Crippen molar-refractivity contribution in [3.63, 3.8) is 0 Å². The first-order valence-corrected chi connectivity index (χ1v) is 4.64. The van der Waals surface area contributed by atoms with E-state index >= 15 is 0 Å². The van der Waals surface area contributed by atoms with Gasteiger partial charge in [-0.3, -0.25) is 0 Å². The lowest BCUT2D eigenvalue weighted by molar-refractivity contribution is 0.0527. The predicted molar refractivity (Wildman–Crippen MR) is 56.7 cm³/mol. The molecule has 1 N–H and O–H groups in total. The first kappa shape index (κ1) is 10.6. The van der Waals surface area contributed by atoms with Crippen LogP contribution < -0.4 is 5.32 Å². The van der Waals surface area contributed by atoms with Crippen LogP contribution in [0, 0.1) is 6.92 Å². The molecule has 0 bridgehead atoms. The van der Waals surface area contributed by atoms with Crippen LogP contribution in [0.1, 0.15) is 22.8 Å². The van der Waals surface area contributed by atoms with Crippen molar-refractivity contribution in [1.82, 2.24) is 0 Å². The van der Waals surface area contributed by atoms with Crippen LogP contribution in [0.5, 0.6) is 0 Å². The lowest BCUT2D eigenvalue weighted by Crippen LogP contribution is -2.08. The maximum Gasteiger partial charge on any atom is 0.340 e. The van der Waals surface area contributed by atoms with Crippen LogP contribution in [-0.2, 0) is 4.74 Å². The Balaban J connectivity index is 3.01. The van der Waals surface area contributed by atoms with E-state index in [-0.39, 0.29) is 5.97 Å². The van der Waals surface area contributed by atoms with Crippen molar-refractivity contribution in [3.05, 3.63) is 29.3 Å². The number of anilines is 1. The molecular weight excluding hydrogens is 178 g/mol. The van der Waals surface area contributed by atoms with Gasteiger partial charge in [-0.05, 0) is 31.5 Å². The molecule has 0 saturated heterocycles. The molecule has 0 saturated carbocycles. The number of hydrogen-bond donors (Lipinski definition) is 1. The zero-order valence-electron chi connectivity index (χ0n) is 8.76. The van der Waals surface area contributed by atoms with Gasteiger partial charge in [-0.25, -0.2) is 4.79 Å². The molecule has 0 fully saturated rings. The third-order valence-corrected chi connectivity index (χ3v) is 1.94. The minimum Gasteiger partial charge on any atom is -0.462 e. The number of ether oxygens (including phenoxy) is 1. The second kappa shape index (κ2) is 4.65.